The van der Waals surface area contributed by atoms with Crippen molar-refractivity contribution < 1.29 is 9.90 Å². The van der Waals surface area contributed by atoms with Crippen molar-refractivity contribution in [2.45, 2.75) is 13.3 Å². The number of nitriles is 1. The molecule has 1 N–H and O–H groups in total. The maximum absolute atomic E-state index is 12.8. The molecule has 0 aliphatic heterocycles. The second kappa shape index (κ2) is 5.30. The summed E-state index contributed by atoms with van der Waals surface area (Å²) in [5, 5.41) is 18.5. The molecule has 1 aromatic carbocycles. The number of rotatable bonds is 3. The SMILES string of the molecule is CCc1nc2ncccn2c1C(=O)c1ccc(O)c(C#N)c1. The van der Waals surface area contributed by atoms with Crippen LogP contribution in [-0.4, -0.2) is 25.3 Å². The maximum Gasteiger partial charge on any atom is 0.234 e. The number of nitrogens with zero attached hydrogens (tertiary/aromatic N) is 4. The van der Waals surface area contributed by atoms with E-state index in [4.69, 9.17) is 5.26 Å². The number of aromatic hydroxyl groups is 1. The van der Waals surface area contributed by atoms with Gasteiger partial charge < -0.3 is 5.11 Å². The lowest BCUT2D eigenvalue weighted by Gasteiger charge is -2.04. The van der Waals surface area contributed by atoms with Gasteiger partial charge in [0.2, 0.25) is 11.6 Å². The average Bonchev–Trinajstić information content (AvgIpc) is 2.93. The van der Waals surface area contributed by atoms with Gasteiger partial charge in [0.05, 0.1) is 11.3 Å². The van der Waals surface area contributed by atoms with Crippen molar-refractivity contribution >= 4 is 11.6 Å². The third kappa shape index (κ3) is 2.09. The highest BCUT2D eigenvalue weighted by Crippen LogP contribution is 2.21. The molecule has 0 aliphatic carbocycles. The first-order valence-corrected chi connectivity index (χ1v) is 6.75. The number of hydrogen-bond acceptors (Lipinski definition) is 5. The zero-order chi connectivity index (χ0) is 15.7. The topological polar surface area (TPSA) is 91.3 Å². The van der Waals surface area contributed by atoms with Crippen molar-refractivity contribution in [1.82, 2.24) is 14.4 Å². The Labute approximate surface area is 126 Å². The van der Waals surface area contributed by atoms with E-state index in [0.29, 0.717) is 29.1 Å². The molecule has 108 valence electrons. The number of hydrogen-bond donors (Lipinski definition) is 1. The van der Waals surface area contributed by atoms with Gasteiger partial charge in [-0.05, 0) is 30.7 Å². The Morgan fingerprint density at radius 1 is 1.45 bits per heavy atom. The number of carbonyl (C=O) groups is 1. The number of aryl methyl sites for hydroxylation is 1. The Morgan fingerprint density at radius 2 is 2.27 bits per heavy atom. The molecule has 0 amide bonds. The van der Waals surface area contributed by atoms with E-state index in [0.717, 1.165) is 0 Å². The molecule has 3 rings (SSSR count). The lowest BCUT2D eigenvalue weighted by atomic mass is 10.0. The quantitative estimate of drug-likeness (QED) is 0.746. The van der Waals surface area contributed by atoms with Gasteiger partial charge in [-0.1, -0.05) is 6.92 Å². The van der Waals surface area contributed by atoms with E-state index in [9.17, 15) is 9.90 Å². The van der Waals surface area contributed by atoms with E-state index in [1.165, 1.54) is 18.2 Å². The van der Waals surface area contributed by atoms with E-state index in [1.54, 1.807) is 22.9 Å². The fourth-order valence-corrected chi connectivity index (χ4v) is 2.32. The summed E-state index contributed by atoms with van der Waals surface area (Å²) in [5.74, 6) is 0.0606. The molecule has 2 heterocycles. The monoisotopic (exact) mass is 292 g/mol. The number of phenols is 1. The van der Waals surface area contributed by atoms with Crippen LogP contribution in [0.1, 0.15) is 34.2 Å². The smallest absolute Gasteiger partial charge is 0.234 e. The van der Waals surface area contributed by atoms with E-state index in [-0.39, 0.29) is 17.1 Å². The molecule has 6 heteroatoms. The number of aromatic nitrogens is 3. The van der Waals surface area contributed by atoms with Gasteiger partial charge >= 0.3 is 0 Å². The van der Waals surface area contributed by atoms with E-state index < -0.39 is 0 Å². The number of phenolic OH excluding ortho intramolecular Hbond substituents is 1. The molecule has 0 bridgehead atoms. The first-order chi connectivity index (χ1) is 10.7. The molecule has 6 nitrogen and oxygen atoms in total. The number of fused-ring (bicyclic) bond motifs is 1. The second-order valence-corrected chi connectivity index (χ2v) is 4.72. The van der Waals surface area contributed by atoms with Crippen molar-refractivity contribution in [3.63, 3.8) is 0 Å². The lowest BCUT2D eigenvalue weighted by molar-refractivity contribution is 0.103. The van der Waals surface area contributed by atoms with Crippen molar-refractivity contribution in [2.75, 3.05) is 0 Å². The molecule has 3 aromatic rings. The molecule has 2 aromatic heterocycles. The van der Waals surface area contributed by atoms with Gasteiger partial charge in [0, 0.05) is 18.0 Å². The van der Waals surface area contributed by atoms with Gasteiger partial charge in [0.1, 0.15) is 17.5 Å². The van der Waals surface area contributed by atoms with Crippen molar-refractivity contribution in [1.29, 1.82) is 5.26 Å². The minimum Gasteiger partial charge on any atom is -0.507 e. The van der Waals surface area contributed by atoms with Crippen LogP contribution in [0.5, 0.6) is 5.75 Å². The third-order valence-corrected chi connectivity index (χ3v) is 3.41. The van der Waals surface area contributed by atoms with Crippen LogP contribution >= 0.6 is 0 Å². The Kier molecular flexibility index (Phi) is 3.31. The first kappa shape index (κ1) is 13.8. The third-order valence-electron chi connectivity index (χ3n) is 3.41. The number of benzene rings is 1. The Bertz CT molecular complexity index is 922. The van der Waals surface area contributed by atoms with Crippen LogP contribution in [0.25, 0.3) is 5.78 Å². The molecule has 0 radical (unpaired) electrons. The van der Waals surface area contributed by atoms with Gasteiger partial charge in [-0.2, -0.15) is 5.26 Å². The summed E-state index contributed by atoms with van der Waals surface area (Å²) in [4.78, 5) is 21.3. The summed E-state index contributed by atoms with van der Waals surface area (Å²) in [7, 11) is 0. The molecule has 0 atom stereocenters. The normalized spacial score (nSPS) is 10.5. The second-order valence-electron chi connectivity index (χ2n) is 4.72. The Hall–Kier alpha value is -3.20. The summed E-state index contributed by atoms with van der Waals surface area (Å²) >= 11 is 0. The molecule has 0 saturated heterocycles. The summed E-state index contributed by atoms with van der Waals surface area (Å²) in [6.07, 6.45) is 3.94. The van der Waals surface area contributed by atoms with Crippen LogP contribution in [-0.2, 0) is 6.42 Å². The highest BCUT2D eigenvalue weighted by molar-refractivity contribution is 6.09. The van der Waals surface area contributed by atoms with Crippen LogP contribution in [0.15, 0.2) is 36.7 Å². The number of ketones is 1. The highest BCUT2D eigenvalue weighted by atomic mass is 16.3. The minimum absolute atomic E-state index is 0.0656. The minimum atomic E-state index is -0.256. The molecule has 0 saturated carbocycles. The summed E-state index contributed by atoms with van der Waals surface area (Å²) in [6, 6.07) is 7.81. The highest BCUT2D eigenvalue weighted by Gasteiger charge is 2.20. The number of carbonyl (C=O) groups excluding carboxylic acids is 1. The molecular formula is C16H12N4O2. The first-order valence-electron chi connectivity index (χ1n) is 6.75. The van der Waals surface area contributed by atoms with Crippen molar-refractivity contribution in [3.8, 4) is 11.8 Å². The standard InChI is InChI=1S/C16H12N4O2/c1-2-12-14(20-7-3-6-18-16(20)19-12)15(22)10-4-5-13(21)11(8-10)9-17/h3-8,21H,2H2,1H3. The Balaban J connectivity index is 2.19. The molecule has 0 aliphatic rings. The fourth-order valence-electron chi connectivity index (χ4n) is 2.32. The predicted octanol–water partition coefficient (Wildman–Crippen LogP) is 2.10. The van der Waals surface area contributed by atoms with Crippen LogP contribution in [0.2, 0.25) is 0 Å². The molecule has 0 fully saturated rings. The summed E-state index contributed by atoms with van der Waals surface area (Å²) in [5.41, 5.74) is 1.47. The van der Waals surface area contributed by atoms with Crippen LogP contribution in [0.3, 0.4) is 0 Å². The van der Waals surface area contributed by atoms with Gasteiger partial charge in [-0.15, -0.1) is 0 Å². The average molecular weight is 292 g/mol. The van der Waals surface area contributed by atoms with Gasteiger partial charge in [0.15, 0.2) is 0 Å². The van der Waals surface area contributed by atoms with Gasteiger partial charge in [-0.3, -0.25) is 9.20 Å². The molecule has 0 spiro atoms. The van der Waals surface area contributed by atoms with E-state index in [1.807, 2.05) is 13.0 Å². The zero-order valence-electron chi connectivity index (χ0n) is 11.8. The van der Waals surface area contributed by atoms with Gasteiger partial charge in [0.25, 0.3) is 0 Å². The largest absolute Gasteiger partial charge is 0.507 e. The lowest BCUT2D eigenvalue weighted by Crippen LogP contribution is -2.08. The fraction of sp³-hybridized carbons (Fsp3) is 0.125. The molecule has 22 heavy (non-hydrogen) atoms. The van der Waals surface area contributed by atoms with E-state index in [2.05, 4.69) is 9.97 Å². The van der Waals surface area contributed by atoms with Gasteiger partial charge in [-0.25, -0.2) is 9.97 Å². The van der Waals surface area contributed by atoms with Crippen molar-refractivity contribution in [3.05, 3.63) is 59.2 Å². The Morgan fingerprint density at radius 3 is 3.00 bits per heavy atom. The maximum atomic E-state index is 12.8. The number of imidazole rings is 1. The summed E-state index contributed by atoms with van der Waals surface area (Å²) < 4.78 is 1.64. The van der Waals surface area contributed by atoms with Crippen LogP contribution in [0, 0.1) is 11.3 Å². The van der Waals surface area contributed by atoms with Crippen LogP contribution in [0.4, 0.5) is 0 Å². The summed E-state index contributed by atoms with van der Waals surface area (Å²) in [6.45, 7) is 1.91. The van der Waals surface area contributed by atoms with Crippen molar-refractivity contribution in [2.24, 2.45) is 0 Å². The van der Waals surface area contributed by atoms with E-state index >= 15 is 0 Å². The zero-order valence-corrected chi connectivity index (χ0v) is 11.8. The predicted molar refractivity (Wildman–Crippen MR) is 78.6 cm³/mol. The molecular weight excluding hydrogens is 280 g/mol. The molecule has 0 unspecified atom stereocenters. The van der Waals surface area contributed by atoms with Crippen LogP contribution < -0.4 is 0 Å².